The molecule has 28 heavy (non-hydrogen) atoms. The third-order valence-corrected chi connectivity index (χ3v) is 4.72. The Bertz CT molecular complexity index is 443. The second-order valence-electron chi connectivity index (χ2n) is 7.38. The van der Waals surface area contributed by atoms with E-state index in [1.165, 1.54) is 0 Å². The zero-order valence-electron chi connectivity index (χ0n) is 17.8. The molecule has 0 fully saturated rings. The van der Waals surface area contributed by atoms with Gasteiger partial charge in [0.05, 0.1) is 0 Å². The molecule has 0 radical (unpaired) electrons. The summed E-state index contributed by atoms with van der Waals surface area (Å²) in [5.74, 6) is -0.913. The number of carboxylic acid groups (broad SMARTS) is 1. The maximum Gasteiger partial charge on any atom is 0.314 e. The number of carboxylic acids is 1. The van der Waals surface area contributed by atoms with Gasteiger partial charge in [0.25, 0.3) is 0 Å². The molecule has 0 heterocycles. The number of amides is 2. The molecule has 0 aromatic rings. The average Bonchev–Trinajstić information content (AvgIpc) is 2.62. The Labute approximate surface area is 170 Å². The van der Waals surface area contributed by atoms with E-state index in [4.69, 9.17) is 15.6 Å². The molecule has 164 valence electrons. The van der Waals surface area contributed by atoms with Crippen LogP contribution in [0.1, 0.15) is 97.3 Å². The maximum atomic E-state index is 11.8. The zero-order chi connectivity index (χ0) is 21.2. The predicted molar refractivity (Wildman–Crippen MR) is 110 cm³/mol. The fourth-order valence-electron chi connectivity index (χ4n) is 3.11. The second kappa shape index (κ2) is 17.3. The highest BCUT2D eigenvalue weighted by molar-refractivity contribution is 5.72. The molecular weight excluding hydrogens is 360 g/mol. The van der Waals surface area contributed by atoms with Gasteiger partial charge in [0.15, 0.2) is 0 Å². The SMILES string of the molecule is CCCCCC(CCCN(CCCCCCC(=O)O)C(N)=O)OC(=O)CCC. The van der Waals surface area contributed by atoms with Crippen molar-refractivity contribution in [3.05, 3.63) is 0 Å². The van der Waals surface area contributed by atoms with Gasteiger partial charge in [-0.15, -0.1) is 0 Å². The molecule has 7 nitrogen and oxygen atoms in total. The summed E-state index contributed by atoms with van der Waals surface area (Å²) in [4.78, 5) is 35.6. The number of unbranched alkanes of at least 4 members (excludes halogenated alkanes) is 5. The van der Waals surface area contributed by atoms with Crippen LogP contribution in [0.2, 0.25) is 0 Å². The Morgan fingerprint density at radius 2 is 1.50 bits per heavy atom. The number of hydrogen-bond acceptors (Lipinski definition) is 4. The summed E-state index contributed by atoms with van der Waals surface area (Å²) in [6.07, 6.45) is 10.2. The summed E-state index contributed by atoms with van der Waals surface area (Å²) in [6, 6.07) is -0.434. The molecule has 2 amide bonds. The van der Waals surface area contributed by atoms with Crippen molar-refractivity contribution in [3.8, 4) is 0 Å². The maximum absolute atomic E-state index is 11.8. The van der Waals surface area contributed by atoms with Crippen LogP contribution in [0.5, 0.6) is 0 Å². The van der Waals surface area contributed by atoms with Crippen LogP contribution in [-0.4, -0.2) is 47.2 Å². The van der Waals surface area contributed by atoms with Crippen molar-refractivity contribution in [1.29, 1.82) is 0 Å². The minimum atomic E-state index is -0.771. The summed E-state index contributed by atoms with van der Waals surface area (Å²) in [5.41, 5.74) is 5.48. The number of urea groups is 1. The molecule has 0 spiro atoms. The molecule has 0 bridgehead atoms. The number of ether oxygens (including phenoxy) is 1. The van der Waals surface area contributed by atoms with E-state index in [0.717, 1.165) is 64.2 Å². The van der Waals surface area contributed by atoms with Crippen LogP contribution < -0.4 is 5.73 Å². The van der Waals surface area contributed by atoms with Crippen molar-refractivity contribution in [2.24, 2.45) is 5.73 Å². The van der Waals surface area contributed by atoms with Crippen LogP contribution in [0.4, 0.5) is 4.79 Å². The molecule has 0 aliphatic rings. The van der Waals surface area contributed by atoms with Gasteiger partial charge in [-0.2, -0.15) is 0 Å². The Kier molecular flexibility index (Phi) is 16.2. The van der Waals surface area contributed by atoms with E-state index in [2.05, 4.69) is 6.92 Å². The van der Waals surface area contributed by atoms with Crippen molar-refractivity contribution in [2.45, 2.75) is 103 Å². The first-order valence-corrected chi connectivity index (χ1v) is 10.9. The van der Waals surface area contributed by atoms with Gasteiger partial charge < -0.3 is 20.5 Å². The van der Waals surface area contributed by atoms with E-state index < -0.39 is 12.0 Å². The van der Waals surface area contributed by atoms with Crippen molar-refractivity contribution in [3.63, 3.8) is 0 Å². The lowest BCUT2D eigenvalue weighted by Gasteiger charge is -2.22. The molecule has 1 atom stereocenters. The van der Waals surface area contributed by atoms with E-state index in [9.17, 15) is 14.4 Å². The normalized spacial score (nSPS) is 11.8. The number of nitrogens with two attached hydrogens (primary N) is 1. The van der Waals surface area contributed by atoms with Crippen LogP contribution >= 0.6 is 0 Å². The number of carbonyl (C=O) groups excluding carboxylic acids is 2. The molecule has 0 saturated heterocycles. The first-order valence-electron chi connectivity index (χ1n) is 10.9. The summed E-state index contributed by atoms with van der Waals surface area (Å²) in [5, 5.41) is 8.62. The van der Waals surface area contributed by atoms with E-state index in [-0.39, 0.29) is 18.5 Å². The predicted octanol–water partition coefficient (Wildman–Crippen LogP) is 4.47. The van der Waals surface area contributed by atoms with Gasteiger partial charge >= 0.3 is 18.0 Å². The van der Waals surface area contributed by atoms with Crippen LogP contribution in [0.25, 0.3) is 0 Å². The van der Waals surface area contributed by atoms with Crippen LogP contribution in [0, 0.1) is 0 Å². The van der Waals surface area contributed by atoms with Gasteiger partial charge in [0, 0.05) is 25.9 Å². The molecule has 1 unspecified atom stereocenters. The van der Waals surface area contributed by atoms with Crippen molar-refractivity contribution < 1.29 is 24.2 Å². The summed E-state index contributed by atoms with van der Waals surface area (Å²) in [6.45, 7) is 5.24. The lowest BCUT2D eigenvalue weighted by Crippen LogP contribution is -2.37. The van der Waals surface area contributed by atoms with Crippen molar-refractivity contribution in [1.82, 2.24) is 4.90 Å². The highest BCUT2D eigenvalue weighted by Crippen LogP contribution is 2.14. The summed E-state index contributed by atoms with van der Waals surface area (Å²) < 4.78 is 5.60. The topological polar surface area (TPSA) is 110 Å². The average molecular weight is 401 g/mol. The number of hydrogen-bond donors (Lipinski definition) is 2. The third kappa shape index (κ3) is 15.3. The van der Waals surface area contributed by atoms with Crippen LogP contribution in [0.3, 0.4) is 0 Å². The van der Waals surface area contributed by atoms with Gasteiger partial charge in [-0.1, -0.05) is 39.5 Å². The molecule has 0 rings (SSSR count). The molecule has 0 aliphatic heterocycles. The van der Waals surface area contributed by atoms with Gasteiger partial charge in [0.2, 0.25) is 0 Å². The first kappa shape index (κ1) is 26.2. The Balaban J connectivity index is 4.23. The van der Waals surface area contributed by atoms with E-state index in [1.54, 1.807) is 4.90 Å². The number of esters is 1. The fraction of sp³-hybridized carbons (Fsp3) is 0.857. The molecular formula is C21H40N2O5. The molecule has 7 heteroatoms. The number of nitrogens with zero attached hydrogens (tertiary/aromatic N) is 1. The van der Waals surface area contributed by atoms with Crippen molar-refractivity contribution >= 4 is 18.0 Å². The molecule has 0 aromatic carbocycles. The zero-order valence-corrected chi connectivity index (χ0v) is 17.8. The van der Waals surface area contributed by atoms with E-state index >= 15 is 0 Å². The molecule has 0 saturated carbocycles. The minimum absolute atomic E-state index is 0.0867. The van der Waals surface area contributed by atoms with Gasteiger partial charge in [-0.25, -0.2) is 4.79 Å². The second-order valence-corrected chi connectivity index (χ2v) is 7.38. The van der Waals surface area contributed by atoms with Gasteiger partial charge in [0.1, 0.15) is 6.10 Å². The Morgan fingerprint density at radius 1 is 0.857 bits per heavy atom. The quantitative estimate of drug-likeness (QED) is 0.260. The van der Waals surface area contributed by atoms with Crippen molar-refractivity contribution in [2.75, 3.05) is 13.1 Å². The number of primary amides is 1. The lowest BCUT2D eigenvalue weighted by atomic mass is 10.1. The first-order chi connectivity index (χ1) is 13.4. The molecule has 0 aliphatic carbocycles. The number of aliphatic carboxylic acids is 1. The highest BCUT2D eigenvalue weighted by atomic mass is 16.5. The smallest absolute Gasteiger partial charge is 0.314 e. The highest BCUT2D eigenvalue weighted by Gasteiger charge is 2.15. The van der Waals surface area contributed by atoms with Gasteiger partial charge in [-0.3, -0.25) is 9.59 Å². The summed E-state index contributed by atoms with van der Waals surface area (Å²) in [7, 11) is 0. The third-order valence-electron chi connectivity index (χ3n) is 4.72. The van der Waals surface area contributed by atoms with Crippen LogP contribution in [-0.2, 0) is 14.3 Å². The largest absolute Gasteiger partial charge is 0.481 e. The number of carbonyl (C=O) groups is 3. The Morgan fingerprint density at radius 3 is 2.11 bits per heavy atom. The fourth-order valence-corrected chi connectivity index (χ4v) is 3.11. The molecule has 3 N–H and O–H groups in total. The monoisotopic (exact) mass is 400 g/mol. The van der Waals surface area contributed by atoms with Gasteiger partial charge in [-0.05, 0) is 44.9 Å². The summed E-state index contributed by atoms with van der Waals surface area (Å²) >= 11 is 0. The minimum Gasteiger partial charge on any atom is -0.481 e. The standard InChI is InChI=1S/C21H40N2O5/c1-3-5-8-13-18(28-20(26)12-4-2)14-11-17-23(21(22)27)16-10-7-6-9-15-19(24)25/h18H,3-17H2,1-2H3,(H2,22,27)(H,24,25). The van der Waals surface area contributed by atoms with E-state index in [0.29, 0.717) is 25.9 Å². The number of rotatable bonds is 18. The van der Waals surface area contributed by atoms with Crippen LogP contribution in [0.15, 0.2) is 0 Å². The lowest BCUT2D eigenvalue weighted by molar-refractivity contribution is -0.150. The molecule has 0 aromatic heterocycles. The Hall–Kier alpha value is -1.79. The van der Waals surface area contributed by atoms with E-state index in [1.807, 2.05) is 6.92 Å².